The summed E-state index contributed by atoms with van der Waals surface area (Å²) < 4.78 is 12.0. The Hall–Kier alpha value is -5.06. The Morgan fingerprint density at radius 1 is 0.893 bits per heavy atom. The van der Waals surface area contributed by atoms with Crippen molar-refractivity contribution in [2.24, 2.45) is 0 Å². The molecule has 1 fully saturated rings. The van der Waals surface area contributed by atoms with Crippen LogP contribution in [-0.2, 0) is 11.3 Å². The maximum atomic E-state index is 13.1. The van der Waals surface area contributed by atoms with Crippen molar-refractivity contribution in [2.75, 3.05) is 101 Å². The van der Waals surface area contributed by atoms with Crippen molar-refractivity contribution in [3.8, 4) is 17.5 Å². The molecule has 3 heterocycles. The van der Waals surface area contributed by atoms with Crippen molar-refractivity contribution in [3.63, 3.8) is 0 Å². The molecular weight excluding hydrogens is 732 g/mol. The van der Waals surface area contributed by atoms with Gasteiger partial charge in [0.15, 0.2) is 5.58 Å². The Kier molecular flexibility index (Phi) is 15.4. The second kappa shape index (κ2) is 21.3. The van der Waals surface area contributed by atoms with Gasteiger partial charge in [0.1, 0.15) is 18.2 Å². The molecule has 1 aliphatic heterocycles. The van der Waals surface area contributed by atoms with Gasteiger partial charge in [-0.2, -0.15) is 15.0 Å². The zero-order valence-corrected chi connectivity index (χ0v) is 32.9. The quantitative estimate of drug-likeness (QED) is 0.0798. The number of benzene rings is 3. The van der Waals surface area contributed by atoms with E-state index < -0.39 is 6.04 Å². The maximum Gasteiger partial charge on any atom is 0.323 e. The van der Waals surface area contributed by atoms with Crippen molar-refractivity contribution in [1.29, 1.82) is 0 Å². The van der Waals surface area contributed by atoms with Gasteiger partial charge < -0.3 is 50.9 Å². The zero-order valence-electron chi connectivity index (χ0n) is 32.2. The minimum atomic E-state index is -0.595. The smallest absolute Gasteiger partial charge is 0.323 e. The third-order valence-corrected chi connectivity index (χ3v) is 9.59. The number of fused-ring (bicyclic) bond motifs is 1. The molecule has 6 N–H and O–H groups in total. The third-order valence-electron chi connectivity index (χ3n) is 9.34. The van der Waals surface area contributed by atoms with Crippen molar-refractivity contribution >= 4 is 46.2 Å². The molecule has 2 aromatic heterocycles. The number of aromatic nitrogens is 4. The number of carbonyl (C=O) groups excluding carboxylic acids is 1. The number of carbonyl (C=O) groups is 1. The number of hydrogen-bond acceptors (Lipinski definition) is 14. The molecule has 1 atom stereocenters. The van der Waals surface area contributed by atoms with Crippen LogP contribution in [0, 0.1) is 0 Å². The fourth-order valence-corrected chi connectivity index (χ4v) is 6.20. The fraction of sp³-hybridized carbons (Fsp3) is 0.425. The molecule has 0 saturated carbocycles. The second-order valence-electron chi connectivity index (χ2n) is 13.7. The Bertz CT molecular complexity index is 1900. The van der Waals surface area contributed by atoms with Crippen molar-refractivity contribution in [2.45, 2.75) is 25.9 Å². The van der Waals surface area contributed by atoms with Crippen LogP contribution in [0.5, 0.6) is 6.01 Å². The number of oxazole rings is 1. The van der Waals surface area contributed by atoms with Crippen LogP contribution in [0.25, 0.3) is 22.6 Å². The first-order chi connectivity index (χ1) is 27.4. The number of para-hydroxylation sites is 2. The summed E-state index contributed by atoms with van der Waals surface area (Å²) in [5.41, 5.74) is 4.49. The first kappa shape index (κ1) is 40.6. The van der Waals surface area contributed by atoms with E-state index in [1.807, 2.05) is 79.8 Å². The summed E-state index contributed by atoms with van der Waals surface area (Å²) in [6.07, 6.45) is 0.847. The highest BCUT2D eigenvalue weighted by Crippen LogP contribution is 2.26. The van der Waals surface area contributed by atoms with Gasteiger partial charge in [0, 0.05) is 88.8 Å². The largest absolute Gasteiger partial charge is 0.461 e. The molecule has 16 heteroatoms. The number of ether oxygens (including phenoxy) is 1. The zero-order chi connectivity index (χ0) is 39.0. The summed E-state index contributed by atoms with van der Waals surface area (Å²) in [7, 11) is 1.99. The number of nitrogens with zero attached hydrogens (tertiary/aromatic N) is 6. The van der Waals surface area contributed by atoms with E-state index in [1.54, 1.807) is 6.92 Å². The van der Waals surface area contributed by atoms with Gasteiger partial charge in [-0.15, -0.1) is 0 Å². The lowest BCUT2D eigenvalue weighted by atomic mass is 10.2. The van der Waals surface area contributed by atoms with Gasteiger partial charge >= 0.3 is 6.01 Å². The average Bonchev–Trinajstić information content (AvgIpc) is 3.65. The molecule has 1 amide bonds. The van der Waals surface area contributed by atoms with Crippen LogP contribution in [0.2, 0.25) is 5.02 Å². The van der Waals surface area contributed by atoms with E-state index in [0.717, 1.165) is 93.2 Å². The van der Waals surface area contributed by atoms with E-state index in [4.69, 9.17) is 20.8 Å². The predicted molar refractivity (Wildman–Crippen MR) is 223 cm³/mol. The standard InChI is InChI=1S/C40H53ClN12O3/c1-29(36(54)45-16-5-23-53-24-21-43-19-17-42-18-20-44-22-25-53)47-39-49-38(46-28-30-8-12-32(41)13-9-30)50-40(51-39)55-27-26-52(2)33-14-10-31(11-15-33)37-48-34-6-3-4-7-35(34)56-37/h3-4,6-15,29,42-44H,5,16-28H2,1-2H3,(H,45,54)(H2,46,47,49,50,51)/t29-/m0/s1. The van der Waals surface area contributed by atoms with Gasteiger partial charge in [0.25, 0.3) is 0 Å². The molecular formula is C40H53ClN12O3. The summed E-state index contributed by atoms with van der Waals surface area (Å²) in [4.78, 5) is 35.8. The normalized spacial score (nSPS) is 15.0. The number of likely N-dealkylation sites (N-methyl/N-ethyl adjacent to an activating group) is 1. The number of rotatable bonds is 16. The summed E-state index contributed by atoms with van der Waals surface area (Å²) in [6, 6.07) is 22.8. The van der Waals surface area contributed by atoms with Crippen LogP contribution in [0.4, 0.5) is 17.6 Å². The molecule has 15 nitrogen and oxygen atoms in total. The molecule has 298 valence electrons. The minimum Gasteiger partial charge on any atom is -0.461 e. The summed E-state index contributed by atoms with van der Waals surface area (Å²) in [6.45, 7) is 12.3. The first-order valence-corrected chi connectivity index (χ1v) is 19.7. The van der Waals surface area contributed by atoms with Gasteiger partial charge in [-0.05, 0) is 74.0 Å². The van der Waals surface area contributed by atoms with Crippen LogP contribution >= 0.6 is 11.6 Å². The van der Waals surface area contributed by atoms with Crippen molar-refractivity contribution in [3.05, 3.63) is 83.4 Å². The Labute approximate surface area is 333 Å². The second-order valence-corrected chi connectivity index (χ2v) is 14.1. The van der Waals surface area contributed by atoms with Gasteiger partial charge in [-0.25, -0.2) is 4.98 Å². The Morgan fingerprint density at radius 3 is 2.32 bits per heavy atom. The fourth-order valence-electron chi connectivity index (χ4n) is 6.07. The number of anilines is 3. The molecule has 1 aliphatic rings. The van der Waals surface area contributed by atoms with Gasteiger partial charge in [0.05, 0.1) is 6.54 Å². The molecule has 56 heavy (non-hydrogen) atoms. The van der Waals surface area contributed by atoms with E-state index in [0.29, 0.717) is 43.1 Å². The van der Waals surface area contributed by atoms with Crippen molar-refractivity contribution in [1.82, 2.24) is 46.1 Å². The number of nitrogens with one attached hydrogen (secondary N) is 6. The van der Waals surface area contributed by atoms with E-state index in [-0.39, 0.29) is 17.9 Å². The molecule has 0 spiro atoms. The third kappa shape index (κ3) is 12.7. The number of hydrogen-bond donors (Lipinski definition) is 6. The molecule has 3 aromatic carbocycles. The highest BCUT2D eigenvalue weighted by molar-refractivity contribution is 6.30. The highest BCUT2D eigenvalue weighted by atomic mass is 35.5. The SMILES string of the molecule is C[C@H](Nc1nc(NCc2ccc(Cl)cc2)nc(OCCN(C)c2ccc(-c3nc4ccccc4o3)cc2)n1)C(=O)NCCCN1CCNCCNCCNCC1. The Balaban J connectivity index is 1.01. The lowest BCUT2D eigenvalue weighted by Gasteiger charge is -2.24. The van der Waals surface area contributed by atoms with E-state index in [1.165, 1.54) is 0 Å². The van der Waals surface area contributed by atoms with E-state index in [9.17, 15) is 4.79 Å². The van der Waals surface area contributed by atoms with E-state index >= 15 is 0 Å². The highest BCUT2D eigenvalue weighted by Gasteiger charge is 2.17. The van der Waals surface area contributed by atoms with Crippen LogP contribution in [0.15, 0.2) is 77.2 Å². The van der Waals surface area contributed by atoms with Gasteiger partial charge in [-0.1, -0.05) is 35.9 Å². The van der Waals surface area contributed by atoms with Gasteiger partial charge in [0.2, 0.25) is 23.7 Å². The van der Waals surface area contributed by atoms with Crippen LogP contribution < -0.4 is 41.5 Å². The number of amides is 1. The summed E-state index contributed by atoms with van der Waals surface area (Å²) in [5, 5.41) is 20.5. The minimum absolute atomic E-state index is 0.139. The molecule has 0 aliphatic carbocycles. The molecule has 5 aromatic rings. The first-order valence-electron chi connectivity index (χ1n) is 19.3. The predicted octanol–water partition coefficient (Wildman–Crippen LogP) is 3.85. The van der Waals surface area contributed by atoms with Gasteiger partial charge in [-0.3, -0.25) is 4.79 Å². The molecule has 1 saturated heterocycles. The van der Waals surface area contributed by atoms with E-state index in [2.05, 4.69) is 61.6 Å². The maximum absolute atomic E-state index is 13.1. The van der Waals surface area contributed by atoms with Crippen molar-refractivity contribution < 1.29 is 13.9 Å². The summed E-state index contributed by atoms with van der Waals surface area (Å²) in [5.74, 6) is 0.986. The van der Waals surface area contributed by atoms with Crippen LogP contribution in [-0.4, -0.2) is 122 Å². The molecule has 0 unspecified atom stereocenters. The topological polar surface area (TPSA) is 170 Å². The lowest BCUT2D eigenvalue weighted by molar-refractivity contribution is -0.121. The molecule has 0 radical (unpaired) electrons. The monoisotopic (exact) mass is 784 g/mol. The van der Waals surface area contributed by atoms with Crippen LogP contribution in [0.3, 0.4) is 0 Å². The van der Waals surface area contributed by atoms with Crippen LogP contribution in [0.1, 0.15) is 18.9 Å². The Morgan fingerprint density at radius 2 is 1.59 bits per heavy atom. The molecule has 0 bridgehead atoms. The summed E-state index contributed by atoms with van der Waals surface area (Å²) >= 11 is 6.08. The lowest BCUT2D eigenvalue weighted by Crippen LogP contribution is -2.43. The number of halogens is 1. The molecule has 6 rings (SSSR count). The average molecular weight is 785 g/mol.